The van der Waals surface area contributed by atoms with Gasteiger partial charge in [0.2, 0.25) is 0 Å². The quantitative estimate of drug-likeness (QED) is 0.496. The van der Waals surface area contributed by atoms with Crippen molar-refractivity contribution in [2.75, 3.05) is 33.7 Å². The van der Waals surface area contributed by atoms with Crippen LogP contribution in [-0.4, -0.2) is 59.9 Å². The van der Waals surface area contributed by atoms with E-state index in [1.165, 1.54) is 3.57 Å². The van der Waals surface area contributed by atoms with Gasteiger partial charge in [-0.25, -0.2) is 0 Å². The largest absolute Gasteiger partial charge is 0.318 e. The number of hydrogen-bond donors (Lipinski definition) is 0. The molecule has 1 aliphatic heterocycles. The van der Waals surface area contributed by atoms with E-state index in [1.54, 1.807) is 0 Å². The number of ketones is 1. The summed E-state index contributed by atoms with van der Waals surface area (Å²) in [5.41, 5.74) is 4.12. The van der Waals surface area contributed by atoms with Crippen LogP contribution in [0.25, 0.3) is 5.69 Å². The number of likely N-dealkylation sites (tertiary alicyclic amines) is 1. The van der Waals surface area contributed by atoms with Crippen molar-refractivity contribution in [1.29, 1.82) is 0 Å². The van der Waals surface area contributed by atoms with Crippen molar-refractivity contribution in [2.45, 2.75) is 32.7 Å². The zero-order valence-corrected chi connectivity index (χ0v) is 18.3. The fraction of sp³-hybridized carbons (Fsp3) is 0.476. The van der Waals surface area contributed by atoms with Gasteiger partial charge in [-0.15, -0.1) is 0 Å². The first-order chi connectivity index (χ1) is 12.4. The number of piperidine rings is 1. The third kappa shape index (κ3) is 4.21. The topological polar surface area (TPSA) is 28.5 Å². The van der Waals surface area contributed by atoms with Gasteiger partial charge in [0.15, 0.2) is 5.78 Å². The normalized spacial score (nSPS) is 16.4. The van der Waals surface area contributed by atoms with E-state index in [2.05, 4.69) is 89.2 Å². The molecule has 2 heterocycles. The second-order valence-electron chi connectivity index (χ2n) is 7.49. The number of halogens is 1. The van der Waals surface area contributed by atoms with E-state index in [9.17, 15) is 4.79 Å². The molecule has 0 saturated carbocycles. The van der Waals surface area contributed by atoms with E-state index in [0.717, 1.165) is 48.6 Å². The first kappa shape index (κ1) is 19.6. The molecule has 1 fully saturated rings. The van der Waals surface area contributed by atoms with Gasteiger partial charge in [0.05, 0.1) is 6.54 Å². The maximum absolute atomic E-state index is 12.9. The van der Waals surface area contributed by atoms with Crippen LogP contribution in [0.4, 0.5) is 0 Å². The molecule has 0 atom stereocenters. The average Bonchev–Trinajstić information content (AvgIpc) is 2.91. The van der Waals surface area contributed by atoms with E-state index in [1.807, 2.05) is 6.07 Å². The minimum absolute atomic E-state index is 0.234. The Hall–Kier alpha value is -1.18. The van der Waals surface area contributed by atoms with Crippen LogP contribution in [0, 0.1) is 17.4 Å². The summed E-state index contributed by atoms with van der Waals surface area (Å²) in [6, 6.07) is 11.1. The molecule has 0 N–H and O–H groups in total. The van der Waals surface area contributed by atoms with Crippen molar-refractivity contribution in [3.8, 4) is 5.69 Å². The summed E-state index contributed by atoms with van der Waals surface area (Å²) in [5, 5.41) is 0. The van der Waals surface area contributed by atoms with E-state index in [0.29, 0.717) is 12.6 Å². The van der Waals surface area contributed by atoms with Crippen LogP contribution >= 0.6 is 22.6 Å². The molecule has 5 heteroatoms. The molecule has 4 nitrogen and oxygen atoms in total. The van der Waals surface area contributed by atoms with Crippen LogP contribution in [-0.2, 0) is 0 Å². The first-order valence-corrected chi connectivity index (χ1v) is 10.3. The smallest absolute Gasteiger partial charge is 0.178 e. The highest BCUT2D eigenvalue weighted by Crippen LogP contribution is 2.23. The number of hydrogen-bond acceptors (Lipinski definition) is 3. The molecular weight excluding hydrogens is 437 g/mol. The van der Waals surface area contributed by atoms with Crippen LogP contribution in [0.2, 0.25) is 0 Å². The predicted molar refractivity (Wildman–Crippen MR) is 115 cm³/mol. The lowest BCUT2D eigenvalue weighted by molar-refractivity contribution is 0.0873. The number of carbonyl (C=O) groups is 1. The zero-order valence-electron chi connectivity index (χ0n) is 16.1. The van der Waals surface area contributed by atoms with Crippen molar-refractivity contribution in [1.82, 2.24) is 14.4 Å². The van der Waals surface area contributed by atoms with Gasteiger partial charge >= 0.3 is 0 Å². The lowest BCUT2D eigenvalue weighted by Gasteiger charge is -2.34. The highest BCUT2D eigenvalue weighted by molar-refractivity contribution is 14.1. The number of aromatic nitrogens is 1. The Bertz CT molecular complexity index is 771. The number of aryl methyl sites for hydroxylation is 1. The molecule has 0 spiro atoms. The van der Waals surface area contributed by atoms with E-state index < -0.39 is 0 Å². The molecule has 0 radical (unpaired) electrons. The number of carbonyl (C=O) groups excluding carboxylic acids is 1. The number of rotatable bonds is 5. The Morgan fingerprint density at radius 2 is 1.77 bits per heavy atom. The molecule has 1 aliphatic rings. The van der Waals surface area contributed by atoms with Gasteiger partial charge < -0.3 is 9.47 Å². The third-order valence-corrected chi connectivity index (χ3v) is 6.19. The minimum atomic E-state index is 0.234. The van der Waals surface area contributed by atoms with Crippen LogP contribution < -0.4 is 0 Å². The highest BCUT2D eigenvalue weighted by Gasteiger charge is 2.24. The lowest BCUT2D eigenvalue weighted by Crippen LogP contribution is -2.43. The minimum Gasteiger partial charge on any atom is -0.318 e. The van der Waals surface area contributed by atoms with Gasteiger partial charge in [-0.05, 0) is 93.7 Å². The summed E-state index contributed by atoms with van der Waals surface area (Å²) in [4.78, 5) is 17.5. The summed E-state index contributed by atoms with van der Waals surface area (Å²) in [5.74, 6) is 0.234. The molecule has 1 aromatic carbocycles. The van der Waals surface area contributed by atoms with Crippen LogP contribution in [0.15, 0.2) is 30.3 Å². The molecule has 0 aliphatic carbocycles. The number of benzene rings is 1. The Balaban J connectivity index is 1.73. The molecular formula is C21H28IN3O. The second-order valence-corrected chi connectivity index (χ2v) is 8.74. The molecule has 0 bridgehead atoms. The van der Waals surface area contributed by atoms with E-state index in [-0.39, 0.29) is 5.78 Å². The molecule has 0 unspecified atom stereocenters. The summed E-state index contributed by atoms with van der Waals surface area (Å²) in [6.07, 6.45) is 2.28. The number of Topliss-reactive ketones (excluding diaryl/α,β-unsaturated/α-hetero) is 1. The van der Waals surface area contributed by atoms with Gasteiger partial charge in [-0.2, -0.15) is 0 Å². The van der Waals surface area contributed by atoms with E-state index in [4.69, 9.17) is 0 Å². The van der Waals surface area contributed by atoms with Gasteiger partial charge in [-0.3, -0.25) is 9.69 Å². The van der Waals surface area contributed by atoms with Crippen LogP contribution in [0.1, 0.15) is 34.6 Å². The Kier molecular flexibility index (Phi) is 6.20. The SMILES string of the molecule is Cc1cc(C(=O)CN2CCC(N(C)C)CC2)c(C)n1-c1ccc(I)cc1. The molecule has 2 aromatic rings. The molecule has 0 amide bonds. The van der Waals surface area contributed by atoms with Crippen molar-refractivity contribution >= 4 is 28.4 Å². The fourth-order valence-corrected chi connectivity index (χ4v) is 4.27. The maximum Gasteiger partial charge on any atom is 0.178 e. The molecule has 3 rings (SSSR count). The van der Waals surface area contributed by atoms with Crippen LogP contribution in [0.5, 0.6) is 0 Å². The summed E-state index contributed by atoms with van der Waals surface area (Å²) in [7, 11) is 4.29. The number of nitrogens with zero attached hydrogens (tertiary/aromatic N) is 3. The lowest BCUT2D eigenvalue weighted by atomic mass is 10.0. The Morgan fingerprint density at radius 3 is 2.35 bits per heavy atom. The summed E-state index contributed by atoms with van der Waals surface area (Å²) in [6.45, 7) is 6.66. The Labute approximate surface area is 170 Å². The van der Waals surface area contributed by atoms with Crippen molar-refractivity contribution in [3.05, 3.63) is 50.9 Å². The van der Waals surface area contributed by atoms with Gasteiger partial charge in [0.1, 0.15) is 0 Å². The van der Waals surface area contributed by atoms with E-state index >= 15 is 0 Å². The maximum atomic E-state index is 12.9. The van der Waals surface area contributed by atoms with Gasteiger partial charge in [0.25, 0.3) is 0 Å². The summed E-state index contributed by atoms with van der Waals surface area (Å²) >= 11 is 2.31. The summed E-state index contributed by atoms with van der Waals surface area (Å²) < 4.78 is 3.40. The standard InChI is InChI=1S/C21H28IN3O/c1-15-13-20(16(2)25(15)19-7-5-17(22)6-8-19)21(26)14-24-11-9-18(10-12-24)23(3)4/h5-8,13,18H,9-12,14H2,1-4H3. The predicted octanol–water partition coefficient (Wildman–Crippen LogP) is 3.91. The first-order valence-electron chi connectivity index (χ1n) is 9.23. The second kappa shape index (κ2) is 8.23. The zero-order chi connectivity index (χ0) is 18.8. The molecule has 26 heavy (non-hydrogen) atoms. The average molecular weight is 465 g/mol. The highest BCUT2D eigenvalue weighted by atomic mass is 127. The fourth-order valence-electron chi connectivity index (χ4n) is 3.91. The molecule has 1 aromatic heterocycles. The molecule has 1 saturated heterocycles. The monoisotopic (exact) mass is 465 g/mol. The van der Waals surface area contributed by atoms with Crippen molar-refractivity contribution in [3.63, 3.8) is 0 Å². The Morgan fingerprint density at radius 1 is 1.15 bits per heavy atom. The third-order valence-electron chi connectivity index (χ3n) is 5.47. The van der Waals surface area contributed by atoms with Crippen molar-refractivity contribution < 1.29 is 4.79 Å². The van der Waals surface area contributed by atoms with Crippen molar-refractivity contribution in [2.24, 2.45) is 0 Å². The van der Waals surface area contributed by atoms with Crippen LogP contribution in [0.3, 0.4) is 0 Å². The van der Waals surface area contributed by atoms with Gasteiger partial charge in [0, 0.05) is 45.3 Å². The van der Waals surface area contributed by atoms with Gasteiger partial charge in [-0.1, -0.05) is 0 Å². The molecule has 140 valence electrons.